The van der Waals surface area contributed by atoms with Crippen LogP contribution in [0.25, 0.3) is 0 Å². The van der Waals surface area contributed by atoms with Crippen LogP contribution in [-0.2, 0) is 65.2 Å². The van der Waals surface area contributed by atoms with Crippen molar-refractivity contribution < 1.29 is 214 Å². The maximum atomic E-state index is 0. The van der Waals surface area contributed by atoms with E-state index in [0.29, 0.717) is 0 Å². The quantitative estimate of drug-likeness (QED) is 0.244. The van der Waals surface area contributed by atoms with Gasteiger partial charge in [-0.1, -0.05) is 0 Å². The van der Waals surface area contributed by atoms with Crippen LogP contribution in [0.4, 0.5) is 0 Å². The summed E-state index contributed by atoms with van der Waals surface area (Å²) in [7, 11) is 0. The summed E-state index contributed by atoms with van der Waals surface area (Å²) in [4.78, 5) is 0. The van der Waals surface area contributed by atoms with Crippen LogP contribution in [0.3, 0.4) is 0 Å². The molecular formula is AlCl12Ti3+3. The molecule has 0 bridgehead atoms. The number of rotatable bonds is 0. The predicted octanol–water partition coefficient (Wildman–Crippen LogP) is -36.3. The van der Waals surface area contributed by atoms with Crippen molar-refractivity contribution >= 4 is 17.4 Å². The van der Waals surface area contributed by atoms with Gasteiger partial charge in [0.2, 0.25) is 0 Å². The average molecular weight is 596 g/mol. The molecule has 0 aromatic rings. The zero-order chi connectivity index (χ0) is 0. The molecule has 16 heavy (non-hydrogen) atoms. The second kappa shape index (κ2) is 227. The van der Waals surface area contributed by atoms with Crippen LogP contribution < -0.4 is 149 Å². The van der Waals surface area contributed by atoms with Crippen molar-refractivity contribution in [2.75, 3.05) is 0 Å². The topological polar surface area (TPSA) is 0 Å². The van der Waals surface area contributed by atoms with Crippen molar-refractivity contribution in [1.82, 2.24) is 0 Å². The largest absolute Gasteiger partial charge is 4.00 e. The molecule has 16 heteroatoms. The van der Waals surface area contributed by atoms with Gasteiger partial charge in [0.15, 0.2) is 0 Å². The molecule has 0 radical (unpaired) electrons. The molecule has 0 rings (SSSR count). The summed E-state index contributed by atoms with van der Waals surface area (Å²) in [5.74, 6) is 0. The Morgan fingerprint density at radius 2 is 0.188 bits per heavy atom. The zero-order valence-electron chi connectivity index (χ0n) is 6.61. The molecule has 96 valence electrons. The minimum atomic E-state index is 0. The number of halogens is 12. The Bertz CT molecular complexity index is 16.2. The molecule has 0 heterocycles. The van der Waals surface area contributed by atoms with Gasteiger partial charge in [-0.25, -0.2) is 0 Å². The van der Waals surface area contributed by atoms with E-state index in [0.717, 1.165) is 0 Å². The van der Waals surface area contributed by atoms with Gasteiger partial charge in [0, 0.05) is 0 Å². The molecule has 0 spiro atoms. The zero-order valence-corrected chi connectivity index (χ0v) is 21.5. The molecule has 0 N–H and O–H groups in total. The molecule has 0 unspecified atom stereocenters. The Hall–Kier alpha value is 6.16. The Morgan fingerprint density at radius 1 is 0.188 bits per heavy atom. The molecule has 0 atom stereocenters. The van der Waals surface area contributed by atoms with Gasteiger partial charge < -0.3 is 149 Å². The predicted molar refractivity (Wildman–Crippen MR) is 5.75 cm³/mol. The van der Waals surface area contributed by atoms with Crippen LogP contribution in [0.2, 0.25) is 0 Å². The Balaban J connectivity index is 0. The standard InChI is InChI=1S/Al.12ClH.3Ti/h;12*1H;;;/q+3;;;;;;;;;;;;;3*+4/p-12. The van der Waals surface area contributed by atoms with Gasteiger partial charge in [0.05, 0.1) is 0 Å². The smallest absolute Gasteiger partial charge is 1.00 e. The van der Waals surface area contributed by atoms with E-state index in [1.807, 2.05) is 0 Å². The Labute approximate surface area is 227 Å². The van der Waals surface area contributed by atoms with E-state index < -0.39 is 0 Å². The third-order valence-corrected chi connectivity index (χ3v) is 0. The van der Waals surface area contributed by atoms with Crippen LogP contribution in [0.15, 0.2) is 0 Å². The van der Waals surface area contributed by atoms with Crippen LogP contribution in [0.5, 0.6) is 0 Å². The van der Waals surface area contributed by atoms with Gasteiger partial charge in [-0.05, 0) is 0 Å². The maximum Gasteiger partial charge on any atom is 4.00 e. The first-order valence-electron chi connectivity index (χ1n) is 0. The second-order valence-electron chi connectivity index (χ2n) is 0. The molecule has 0 nitrogen and oxygen atoms in total. The first kappa shape index (κ1) is 262. The van der Waals surface area contributed by atoms with Gasteiger partial charge in [-0.2, -0.15) is 0 Å². The molecular weight excluding hydrogens is 596 g/mol. The number of hydrogen-bond acceptors (Lipinski definition) is 0. The van der Waals surface area contributed by atoms with Gasteiger partial charge in [-0.15, -0.1) is 0 Å². The number of hydrogen-bond donors (Lipinski definition) is 0. The molecule has 0 aromatic carbocycles. The molecule has 0 saturated heterocycles. The minimum Gasteiger partial charge on any atom is -1.00 e. The first-order valence-corrected chi connectivity index (χ1v) is 0. The fourth-order valence-electron chi connectivity index (χ4n) is 0. The van der Waals surface area contributed by atoms with E-state index in [9.17, 15) is 0 Å². The van der Waals surface area contributed by atoms with Crippen molar-refractivity contribution in [3.63, 3.8) is 0 Å². The van der Waals surface area contributed by atoms with E-state index >= 15 is 0 Å². The summed E-state index contributed by atoms with van der Waals surface area (Å²) < 4.78 is 0. The molecule has 0 aliphatic carbocycles. The Morgan fingerprint density at radius 3 is 0.188 bits per heavy atom. The SMILES string of the molecule is [Al+3].[Cl-].[Cl-].[Cl-].[Cl-].[Cl-].[Cl-].[Cl-].[Cl-].[Cl-].[Cl-].[Cl-].[Cl-].[Ti+4].[Ti+4].[Ti+4]. The summed E-state index contributed by atoms with van der Waals surface area (Å²) in [6.45, 7) is 0. The van der Waals surface area contributed by atoms with Gasteiger partial charge >= 0.3 is 82.5 Å². The molecule has 0 aliphatic rings. The maximum absolute atomic E-state index is 0. The summed E-state index contributed by atoms with van der Waals surface area (Å²) in [6, 6.07) is 0. The summed E-state index contributed by atoms with van der Waals surface area (Å²) >= 11 is 0. The summed E-state index contributed by atoms with van der Waals surface area (Å²) in [6.07, 6.45) is 0. The molecule has 0 aromatic heterocycles. The monoisotopic (exact) mass is 590 g/mol. The molecule has 0 amide bonds. The van der Waals surface area contributed by atoms with Gasteiger partial charge in [0.1, 0.15) is 0 Å². The summed E-state index contributed by atoms with van der Waals surface area (Å²) in [5.41, 5.74) is 0. The molecule has 0 fully saturated rings. The van der Waals surface area contributed by atoms with E-state index in [1.54, 1.807) is 0 Å². The van der Waals surface area contributed by atoms with Gasteiger partial charge in [-0.3, -0.25) is 0 Å². The van der Waals surface area contributed by atoms with E-state index in [1.165, 1.54) is 0 Å². The Kier molecular flexibility index (Phi) is 3710. The first-order chi connectivity index (χ1) is 0. The van der Waals surface area contributed by atoms with Gasteiger partial charge in [0.25, 0.3) is 0 Å². The van der Waals surface area contributed by atoms with Crippen molar-refractivity contribution in [2.45, 2.75) is 0 Å². The van der Waals surface area contributed by atoms with Crippen molar-refractivity contribution in [3.8, 4) is 0 Å². The fourth-order valence-corrected chi connectivity index (χ4v) is 0. The van der Waals surface area contributed by atoms with Crippen LogP contribution in [0, 0.1) is 0 Å². The van der Waals surface area contributed by atoms with E-state index in [2.05, 4.69) is 0 Å². The molecule has 0 aliphatic heterocycles. The minimum absolute atomic E-state index is 0. The van der Waals surface area contributed by atoms with E-state index in [4.69, 9.17) is 0 Å². The van der Waals surface area contributed by atoms with Crippen molar-refractivity contribution in [3.05, 3.63) is 0 Å². The van der Waals surface area contributed by atoms with Crippen LogP contribution in [-0.4, -0.2) is 17.4 Å². The van der Waals surface area contributed by atoms with Crippen molar-refractivity contribution in [1.29, 1.82) is 0 Å². The van der Waals surface area contributed by atoms with Crippen LogP contribution in [0.1, 0.15) is 0 Å². The molecule has 0 saturated carbocycles. The van der Waals surface area contributed by atoms with Crippen molar-refractivity contribution in [2.24, 2.45) is 0 Å². The average Bonchev–Trinajstić information content (AvgIpc) is 0. The third-order valence-electron chi connectivity index (χ3n) is 0. The van der Waals surface area contributed by atoms with E-state index in [-0.39, 0.29) is 231 Å². The normalized spacial score (nSPS) is 0. The van der Waals surface area contributed by atoms with Crippen LogP contribution >= 0.6 is 0 Å². The third kappa shape index (κ3) is 195. The second-order valence-corrected chi connectivity index (χ2v) is 0. The summed E-state index contributed by atoms with van der Waals surface area (Å²) in [5, 5.41) is 0. The fraction of sp³-hybridized carbons (Fsp3) is 0.